The van der Waals surface area contributed by atoms with E-state index in [2.05, 4.69) is 16.3 Å². The van der Waals surface area contributed by atoms with Crippen LogP contribution in [0.2, 0.25) is 0 Å². The number of nitriles is 1. The minimum absolute atomic E-state index is 0.0295. The standard InChI is InChI=1S/C17H11N3O4S/c1-10-19-20-17(23-10)25-15(16(21)22)8-12-6-7-14(24-12)13-5-3-2-4-11(13)9-18/h2-8H,1H3,(H,21,22)/b15-8-. The largest absolute Gasteiger partial charge is 0.477 e. The number of carboxylic acid groups (broad SMARTS) is 1. The van der Waals surface area contributed by atoms with Crippen molar-refractivity contribution in [1.82, 2.24) is 10.2 Å². The Balaban J connectivity index is 1.90. The zero-order valence-corrected chi connectivity index (χ0v) is 13.8. The molecule has 0 fully saturated rings. The maximum atomic E-state index is 11.4. The van der Waals surface area contributed by atoms with Crippen LogP contribution in [0.3, 0.4) is 0 Å². The predicted molar refractivity (Wildman–Crippen MR) is 89.4 cm³/mol. The summed E-state index contributed by atoms with van der Waals surface area (Å²) in [4.78, 5) is 11.4. The normalized spacial score (nSPS) is 11.3. The van der Waals surface area contributed by atoms with E-state index in [0.29, 0.717) is 28.5 Å². The van der Waals surface area contributed by atoms with Gasteiger partial charge in [0.25, 0.3) is 5.22 Å². The molecule has 0 aliphatic heterocycles. The number of carbonyl (C=O) groups is 1. The molecule has 0 amide bonds. The van der Waals surface area contributed by atoms with E-state index in [1.54, 1.807) is 43.3 Å². The van der Waals surface area contributed by atoms with Gasteiger partial charge in [-0.1, -0.05) is 12.1 Å². The smallest absolute Gasteiger partial charge is 0.342 e. The maximum Gasteiger partial charge on any atom is 0.342 e. The molecule has 124 valence electrons. The highest BCUT2D eigenvalue weighted by Crippen LogP contribution is 2.30. The Hall–Kier alpha value is -3.31. The van der Waals surface area contributed by atoms with Gasteiger partial charge in [-0.25, -0.2) is 4.79 Å². The van der Waals surface area contributed by atoms with Gasteiger partial charge in [-0.2, -0.15) is 5.26 Å². The maximum absolute atomic E-state index is 11.4. The monoisotopic (exact) mass is 353 g/mol. The third kappa shape index (κ3) is 3.79. The van der Waals surface area contributed by atoms with Crippen molar-refractivity contribution < 1.29 is 18.7 Å². The van der Waals surface area contributed by atoms with Gasteiger partial charge in [0.05, 0.1) is 11.6 Å². The first-order valence-corrected chi connectivity index (χ1v) is 7.91. The summed E-state index contributed by atoms with van der Waals surface area (Å²) in [5.41, 5.74) is 1.11. The fourth-order valence-corrected chi connectivity index (χ4v) is 2.74. The molecule has 3 rings (SSSR count). The van der Waals surface area contributed by atoms with Crippen LogP contribution >= 0.6 is 11.8 Å². The molecule has 0 atom stereocenters. The Morgan fingerprint density at radius 3 is 2.72 bits per heavy atom. The molecule has 0 unspecified atom stereocenters. The summed E-state index contributed by atoms with van der Waals surface area (Å²) in [6, 6.07) is 12.4. The van der Waals surface area contributed by atoms with E-state index >= 15 is 0 Å². The van der Waals surface area contributed by atoms with Crippen molar-refractivity contribution in [1.29, 1.82) is 5.26 Å². The molecular formula is C17H11N3O4S. The zero-order valence-electron chi connectivity index (χ0n) is 13.0. The molecule has 2 heterocycles. The number of hydrogen-bond donors (Lipinski definition) is 1. The van der Waals surface area contributed by atoms with Crippen molar-refractivity contribution in [3.05, 3.63) is 58.5 Å². The van der Waals surface area contributed by atoms with Gasteiger partial charge in [0.2, 0.25) is 5.89 Å². The fourth-order valence-electron chi connectivity index (χ4n) is 2.05. The molecule has 8 heteroatoms. The van der Waals surface area contributed by atoms with Crippen LogP contribution in [0, 0.1) is 18.3 Å². The Bertz CT molecular complexity index is 997. The van der Waals surface area contributed by atoms with Gasteiger partial charge in [0.15, 0.2) is 0 Å². The van der Waals surface area contributed by atoms with Gasteiger partial charge in [-0.3, -0.25) is 0 Å². The number of carboxylic acids is 1. The predicted octanol–water partition coefficient (Wildman–Crippen LogP) is 3.73. The van der Waals surface area contributed by atoms with Crippen LogP contribution in [0.15, 0.2) is 55.4 Å². The molecule has 0 radical (unpaired) electrons. The summed E-state index contributed by atoms with van der Waals surface area (Å²) < 4.78 is 10.8. The first-order chi connectivity index (χ1) is 12.1. The lowest BCUT2D eigenvalue weighted by molar-refractivity contribution is -0.131. The topological polar surface area (TPSA) is 113 Å². The van der Waals surface area contributed by atoms with Crippen molar-refractivity contribution in [3.63, 3.8) is 0 Å². The summed E-state index contributed by atoms with van der Waals surface area (Å²) >= 11 is 0.834. The summed E-state index contributed by atoms with van der Waals surface area (Å²) in [6.45, 7) is 1.62. The van der Waals surface area contributed by atoms with E-state index in [9.17, 15) is 9.90 Å². The number of aliphatic carboxylic acids is 1. The molecule has 0 bridgehead atoms. The van der Waals surface area contributed by atoms with E-state index in [1.165, 1.54) is 6.08 Å². The van der Waals surface area contributed by atoms with E-state index in [-0.39, 0.29) is 10.1 Å². The average molecular weight is 353 g/mol. The number of aromatic nitrogens is 2. The Kier molecular flexibility index (Phi) is 4.68. The van der Waals surface area contributed by atoms with Gasteiger partial charge in [-0.05, 0) is 36.0 Å². The van der Waals surface area contributed by atoms with Crippen LogP contribution in [-0.2, 0) is 4.79 Å². The lowest BCUT2D eigenvalue weighted by atomic mass is 10.1. The van der Waals surface area contributed by atoms with E-state index in [1.807, 2.05) is 0 Å². The zero-order chi connectivity index (χ0) is 17.8. The third-order valence-electron chi connectivity index (χ3n) is 3.13. The SMILES string of the molecule is Cc1nnc(S/C(=C\c2ccc(-c3ccccc3C#N)o2)C(=O)O)o1. The molecule has 0 aliphatic carbocycles. The molecule has 7 nitrogen and oxygen atoms in total. The first kappa shape index (κ1) is 16.5. The molecule has 25 heavy (non-hydrogen) atoms. The average Bonchev–Trinajstić information content (AvgIpc) is 3.23. The van der Waals surface area contributed by atoms with Gasteiger partial charge < -0.3 is 13.9 Å². The van der Waals surface area contributed by atoms with Gasteiger partial charge in [-0.15, -0.1) is 10.2 Å². The van der Waals surface area contributed by atoms with Crippen LogP contribution in [0.1, 0.15) is 17.2 Å². The summed E-state index contributed by atoms with van der Waals surface area (Å²) in [5, 5.41) is 26.1. The number of hydrogen-bond acceptors (Lipinski definition) is 7. The number of rotatable bonds is 5. The van der Waals surface area contributed by atoms with Crippen LogP contribution in [0.4, 0.5) is 0 Å². The minimum atomic E-state index is -1.14. The highest BCUT2D eigenvalue weighted by Gasteiger charge is 2.16. The van der Waals surface area contributed by atoms with Crippen molar-refractivity contribution in [3.8, 4) is 17.4 Å². The molecule has 0 aliphatic rings. The fraction of sp³-hybridized carbons (Fsp3) is 0.0588. The van der Waals surface area contributed by atoms with E-state index in [0.717, 1.165) is 11.8 Å². The molecular weight excluding hydrogens is 342 g/mol. The number of aryl methyl sites for hydroxylation is 1. The third-order valence-corrected chi connectivity index (χ3v) is 3.98. The minimum Gasteiger partial charge on any atom is -0.477 e. The molecule has 3 aromatic rings. The number of nitrogens with zero attached hydrogens (tertiary/aromatic N) is 3. The number of thioether (sulfide) groups is 1. The van der Waals surface area contributed by atoms with E-state index < -0.39 is 5.97 Å². The lowest BCUT2D eigenvalue weighted by Crippen LogP contribution is -1.96. The van der Waals surface area contributed by atoms with Crippen molar-refractivity contribution in [2.75, 3.05) is 0 Å². The molecule has 1 N–H and O–H groups in total. The highest BCUT2D eigenvalue weighted by molar-refractivity contribution is 8.03. The van der Waals surface area contributed by atoms with Crippen molar-refractivity contribution in [2.45, 2.75) is 12.1 Å². The van der Waals surface area contributed by atoms with Crippen molar-refractivity contribution >= 4 is 23.8 Å². The number of furan rings is 1. The lowest BCUT2D eigenvalue weighted by Gasteiger charge is -1.99. The molecule has 0 spiro atoms. The molecule has 0 saturated carbocycles. The van der Waals surface area contributed by atoms with Crippen LogP contribution in [-0.4, -0.2) is 21.3 Å². The summed E-state index contributed by atoms with van der Waals surface area (Å²) in [7, 11) is 0. The highest BCUT2D eigenvalue weighted by atomic mass is 32.2. The molecule has 0 saturated heterocycles. The Labute approximate surface area is 146 Å². The molecule has 1 aromatic carbocycles. The van der Waals surface area contributed by atoms with Gasteiger partial charge in [0, 0.05) is 18.6 Å². The Morgan fingerprint density at radius 2 is 2.04 bits per heavy atom. The number of benzene rings is 1. The van der Waals surface area contributed by atoms with Crippen molar-refractivity contribution in [2.24, 2.45) is 0 Å². The van der Waals surface area contributed by atoms with Crippen LogP contribution in [0.5, 0.6) is 0 Å². The Morgan fingerprint density at radius 1 is 1.24 bits per heavy atom. The van der Waals surface area contributed by atoms with E-state index in [4.69, 9.17) is 14.1 Å². The first-order valence-electron chi connectivity index (χ1n) is 7.09. The summed E-state index contributed by atoms with van der Waals surface area (Å²) in [6.07, 6.45) is 1.37. The molecule has 2 aromatic heterocycles. The second-order valence-corrected chi connectivity index (χ2v) is 5.86. The quantitative estimate of drug-likeness (QED) is 0.545. The summed E-state index contributed by atoms with van der Waals surface area (Å²) in [5.74, 6) is 0.0208. The van der Waals surface area contributed by atoms with Crippen LogP contribution < -0.4 is 0 Å². The second kappa shape index (κ2) is 7.07. The second-order valence-electron chi connectivity index (χ2n) is 4.86. The van der Waals surface area contributed by atoms with Crippen LogP contribution in [0.25, 0.3) is 17.4 Å². The van der Waals surface area contributed by atoms with Gasteiger partial charge >= 0.3 is 5.97 Å². The van der Waals surface area contributed by atoms with Gasteiger partial charge in [0.1, 0.15) is 16.4 Å².